The molecule has 0 spiro atoms. The summed E-state index contributed by atoms with van der Waals surface area (Å²) in [6.07, 6.45) is 0. The van der Waals surface area contributed by atoms with Crippen LogP contribution in [0.5, 0.6) is 0 Å². The van der Waals surface area contributed by atoms with Crippen LogP contribution in [0.15, 0.2) is 48.5 Å². The van der Waals surface area contributed by atoms with E-state index in [9.17, 15) is 9.50 Å². The first-order chi connectivity index (χ1) is 10.4. The van der Waals surface area contributed by atoms with Crippen LogP contribution in [0.25, 0.3) is 0 Å². The van der Waals surface area contributed by atoms with Gasteiger partial charge in [-0.15, -0.1) is 0 Å². The highest BCUT2D eigenvalue weighted by molar-refractivity contribution is 6.30. The maximum absolute atomic E-state index is 13.9. The Balaban J connectivity index is 2.18. The summed E-state index contributed by atoms with van der Waals surface area (Å²) in [5, 5.41) is 14.1. The van der Waals surface area contributed by atoms with Crippen molar-refractivity contribution in [3.63, 3.8) is 0 Å². The van der Waals surface area contributed by atoms with Gasteiger partial charge in [0.25, 0.3) is 0 Å². The lowest BCUT2D eigenvalue weighted by Crippen LogP contribution is -2.66. The first-order valence-corrected chi connectivity index (χ1v) is 7.61. The zero-order chi connectivity index (χ0) is 15.9. The van der Waals surface area contributed by atoms with Crippen molar-refractivity contribution in [1.29, 1.82) is 0 Å². The third kappa shape index (κ3) is 2.46. The summed E-state index contributed by atoms with van der Waals surface area (Å²) in [7, 11) is 1.58. The minimum absolute atomic E-state index is 0.423. The Kier molecular flexibility index (Phi) is 4.03. The van der Waals surface area contributed by atoms with E-state index in [1.807, 2.05) is 30.3 Å². The number of nitrogens with zero attached hydrogens (tertiary/aromatic N) is 1. The van der Waals surface area contributed by atoms with Gasteiger partial charge >= 0.3 is 0 Å². The average molecular weight is 341 g/mol. The summed E-state index contributed by atoms with van der Waals surface area (Å²) in [6.45, 7) is 0. The van der Waals surface area contributed by atoms with E-state index in [2.05, 4.69) is 5.32 Å². The Morgan fingerprint density at radius 1 is 1.27 bits per heavy atom. The highest BCUT2D eigenvalue weighted by Gasteiger charge is 2.47. The molecule has 3 nitrogen and oxygen atoms in total. The average Bonchev–Trinajstić information content (AvgIpc) is 2.51. The van der Waals surface area contributed by atoms with Gasteiger partial charge in [-0.25, -0.2) is 4.39 Å². The molecule has 0 fully saturated rings. The van der Waals surface area contributed by atoms with Crippen LogP contribution in [0.3, 0.4) is 0 Å². The molecule has 1 aliphatic rings. The fourth-order valence-electron chi connectivity index (χ4n) is 2.75. The smallest absolute Gasteiger partial charge is 0.243 e. The summed E-state index contributed by atoms with van der Waals surface area (Å²) < 4.78 is 13.9. The van der Waals surface area contributed by atoms with E-state index in [0.29, 0.717) is 10.7 Å². The lowest BCUT2D eigenvalue weighted by Gasteiger charge is -2.47. The van der Waals surface area contributed by atoms with E-state index in [4.69, 9.17) is 23.2 Å². The number of hydrogen-bond donors (Lipinski definition) is 2. The minimum atomic E-state index is -2.01. The normalized spacial score (nSPS) is 25.7. The van der Waals surface area contributed by atoms with E-state index in [1.54, 1.807) is 25.2 Å². The molecule has 0 radical (unpaired) electrons. The fraction of sp³-hybridized carbons (Fsp3) is 0.250. The maximum atomic E-state index is 13.9. The molecule has 116 valence electrons. The van der Waals surface area contributed by atoms with E-state index in [-0.39, 0.29) is 0 Å². The zero-order valence-corrected chi connectivity index (χ0v) is 13.3. The van der Waals surface area contributed by atoms with Gasteiger partial charge in [0.2, 0.25) is 11.5 Å². The number of anilines is 1. The molecule has 0 aliphatic carbocycles. The van der Waals surface area contributed by atoms with Crippen molar-refractivity contribution in [3.05, 3.63) is 64.7 Å². The molecular formula is C16H15Cl2FN2O. The van der Waals surface area contributed by atoms with Gasteiger partial charge in [0, 0.05) is 17.8 Å². The Morgan fingerprint density at radius 3 is 2.59 bits per heavy atom. The topological polar surface area (TPSA) is 35.5 Å². The first-order valence-electron chi connectivity index (χ1n) is 6.80. The van der Waals surface area contributed by atoms with Crippen LogP contribution in [0.1, 0.15) is 17.2 Å². The van der Waals surface area contributed by atoms with Crippen molar-refractivity contribution >= 4 is 28.9 Å². The predicted molar refractivity (Wildman–Crippen MR) is 87.0 cm³/mol. The number of rotatable bonds is 2. The Hall–Kier alpha value is -1.33. The second-order valence-electron chi connectivity index (χ2n) is 5.28. The van der Waals surface area contributed by atoms with E-state index in [1.165, 1.54) is 4.90 Å². The van der Waals surface area contributed by atoms with Crippen molar-refractivity contribution in [2.45, 2.75) is 17.5 Å². The van der Waals surface area contributed by atoms with Crippen LogP contribution in [0.4, 0.5) is 10.1 Å². The van der Waals surface area contributed by atoms with Gasteiger partial charge in [0.15, 0.2) is 0 Å². The van der Waals surface area contributed by atoms with Crippen molar-refractivity contribution in [3.8, 4) is 0 Å². The zero-order valence-electron chi connectivity index (χ0n) is 11.8. The van der Waals surface area contributed by atoms with Gasteiger partial charge in [-0.3, -0.25) is 5.32 Å². The Bertz CT molecular complexity index is 683. The summed E-state index contributed by atoms with van der Waals surface area (Å²) in [5.41, 5.74) is 0.397. The van der Waals surface area contributed by atoms with E-state index < -0.39 is 17.5 Å². The number of hydrogen-bond acceptors (Lipinski definition) is 3. The van der Waals surface area contributed by atoms with Crippen molar-refractivity contribution in [2.75, 3.05) is 11.9 Å². The molecule has 2 aromatic carbocycles. The number of halogens is 3. The highest BCUT2D eigenvalue weighted by atomic mass is 35.5. The molecule has 3 rings (SSSR count). The van der Waals surface area contributed by atoms with Gasteiger partial charge in [-0.05, 0) is 29.3 Å². The van der Waals surface area contributed by atoms with Crippen molar-refractivity contribution < 1.29 is 9.50 Å². The molecule has 6 heteroatoms. The highest BCUT2D eigenvalue weighted by Crippen LogP contribution is 2.41. The molecule has 0 aromatic heterocycles. The molecule has 0 saturated heterocycles. The Labute approximate surface area is 138 Å². The lowest BCUT2D eigenvalue weighted by atomic mass is 9.93. The minimum Gasteiger partial charge on any atom is -0.355 e. The molecule has 3 atom stereocenters. The van der Waals surface area contributed by atoms with E-state index in [0.717, 1.165) is 11.1 Å². The van der Waals surface area contributed by atoms with Gasteiger partial charge in [0.1, 0.15) is 0 Å². The van der Waals surface area contributed by atoms with Crippen molar-refractivity contribution in [2.24, 2.45) is 0 Å². The number of fused-ring (bicyclic) bond motifs is 1. The molecule has 1 heterocycles. The first kappa shape index (κ1) is 15.6. The summed E-state index contributed by atoms with van der Waals surface area (Å²) in [6, 6.07) is 14.3. The third-order valence-electron chi connectivity index (χ3n) is 3.97. The van der Waals surface area contributed by atoms with Crippen LogP contribution in [-0.4, -0.2) is 23.6 Å². The molecule has 1 aliphatic heterocycles. The summed E-state index contributed by atoms with van der Waals surface area (Å²) in [4.78, 5) is 1.38. The molecule has 0 saturated carbocycles. The molecular weight excluding hydrogens is 326 g/mol. The molecule has 2 aromatic rings. The predicted octanol–water partition coefficient (Wildman–Crippen LogP) is 3.65. The van der Waals surface area contributed by atoms with E-state index >= 15 is 0 Å². The maximum Gasteiger partial charge on any atom is 0.243 e. The van der Waals surface area contributed by atoms with Gasteiger partial charge in [-0.2, -0.15) is 0 Å². The SMILES string of the molecule is CN1c2ccc(Cl)cc2C(c2ccccc2)NC1(O)C(F)Cl. The van der Waals surface area contributed by atoms with Crippen LogP contribution in [-0.2, 0) is 0 Å². The van der Waals surface area contributed by atoms with Gasteiger partial charge in [0.05, 0.1) is 6.04 Å². The lowest BCUT2D eigenvalue weighted by molar-refractivity contribution is -0.0433. The second kappa shape index (κ2) is 5.70. The molecule has 0 amide bonds. The fourth-order valence-corrected chi connectivity index (χ4v) is 3.14. The number of aliphatic hydroxyl groups is 1. The monoisotopic (exact) mass is 340 g/mol. The van der Waals surface area contributed by atoms with Crippen LogP contribution in [0.2, 0.25) is 5.02 Å². The summed E-state index contributed by atoms with van der Waals surface area (Å²) in [5.74, 6) is -2.01. The number of alkyl halides is 2. The largest absolute Gasteiger partial charge is 0.355 e. The summed E-state index contributed by atoms with van der Waals surface area (Å²) >= 11 is 11.7. The van der Waals surface area contributed by atoms with Crippen LogP contribution < -0.4 is 10.2 Å². The molecule has 0 bridgehead atoms. The molecule has 22 heavy (non-hydrogen) atoms. The van der Waals surface area contributed by atoms with Crippen LogP contribution >= 0.6 is 23.2 Å². The molecule has 2 N–H and O–H groups in total. The van der Waals surface area contributed by atoms with Crippen LogP contribution in [0, 0.1) is 0 Å². The van der Waals surface area contributed by atoms with Gasteiger partial charge < -0.3 is 10.0 Å². The molecule has 3 unspecified atom stereocenters. The van der Waals surface area contributed by atoms with Gasteiger partial charge in [-0.1, -0.05) is 53.5 Å². The quantitative estimate of drug-likeness (QED) is 0.819. The number of nitrogens with one attached hydrogen (secondary N) is 1. The number of benzene rings is 2. The Morgan fingerprint density at radius 2 is 1.95 bits per heavy atom. The standard InChI is InChI=1S/C16H15Cl2FN2O/c1-21-13-8-7-11(17)9-12(13)14(10-5-3-2-4-6-10)20-16(21,22)15(18)19/h2-9,14-15,20,22H,1H3. The van der Waals surface area contributed by atoms with Crippen molar-refractivity contribution in [1.82, 2.24) is 5.32 Å². The third-order valence-corrected chi connectivity index (χ3v) is 4.51. The second-order valence-corrected chi connectivity index (χ2v) is 6.10.